The SMILES string of the molecule is O=C(c1cc2ccc(F)cc2nc1Cl)N1CCCC1. The van der Waals surface area contributed by atoms with E-state index in [4.69, 9.17) is 11.6 Å². The lowest BCUT2D eigenvalue weighted by atomic mass is 10.1. The van der Waals surface area contributed by atoms with Gasteiger partial charge in [0, 0.05) is 24.5 Å². The van der Waals surface area contributed by atoms with Crippen LogP contribution in [0.1, 0.15) is 23.2 Å². The topological polar surface area (TPSA) is 33.2 Å². The van der Waals surface area contributed by atoms with E-state index in [0.29, 0.717) is 16.5 Å². The van der Waals surface area contributed by atoms with Crippen molar-refractivity contribution in [1.82, 2.24) is 9.88 Å². The Morgan fingerprint density at radius 1 is 1.26 bits per heavy atom. The van der Waals surface area contributed by atoms with Gasteiger partial charge < -0.3 is 4.90 Å². The predicted octanol–water partition coefficient (Wildman–Crippen LogP) is 3.26. The highest BCUT2D eigenvalue weighted by molar-refractivity contribution is 6.33. The number of aromatic nitrogens is 1. The monoisotopic (exact) mass is 278 g/mol. The average Bonchev–Trinajstić information content (AvgIpc) is 2.91. The Hall–Kier alpha value is -1.68. The average molecular weight is 279 g/mol. The maximum absolute atomic E-state index is 13.1. The predicted molar refractivity (Wildman–Crippen MR) is 71.8 cm³/mol. The Kier molecular flexibility index (Phi) is 3.11. The van der Waals surface area contributed by atoms with Crippen molar-refractivity contribution >= 4 is 28.4 Å². The van der Waals surface area contributed by atoms with Crippen LogP contribution in [0.2, 0.25) is 5.15 Å². The number of benzene rings is 1. The van der Waals surface area contributed by atoms with Crippen molar-refractivity contribution in [2.75, 3.05) is 13.1 Å². The molecule has 0 saturated carbocycles. The summed E-state index contributed by atoms with van der Waals surface area (Å²) < 4.78 is 13.1. The minimum absolute atomic E-state index is 0.0961. The molecule has 1 saturated heterocycles. The minimum Gasteiger partial charge on any atom is -0.339 e. The molecule has 1 aliphatic heterocycles. The van der Waals surface area contributed by atoms with Gasteiger partial charge in [-0.15, -0.1) is 0 Å². The number of hydrogen-bond acceptors (Lipinski definition) is 2. The van der Waals surface area contributed by atoms with Gasteiger partial charge in [0.2, 0.25) is 0 Å². The quantitative estimate of drug-likeness (QED) is 0.750. The lowest BCUT2D eigenvalue weighted by Gasteiger charge is -2.16. The molecular weight excluding hydrogens is 267 g/mol. The van der Waals surface area contributed by atoms with Crippen molar-refractivity contribution in [3.8, 4) is 0 Å². The zero-order chi connectivity index (χ0) is 13.4. The van der Waals surface area contributed by atoms with E-state index in [1.807, 2.05) is 0 Å². The molecule has 98 valence electrons. The van der Waals surface area contributed by atoms with Gasteiger partial charge in [-0.05, 0) is 31.0 Å². The molecule has 0 atom stereocenters. The van der Waals surface area contributed by atoms with Gasteiger partial charge in [-0.25, -0.2) is 9.37 Å². The molecule has 1 aliphatic rings. The van der Waals surface area contributed by atoms with Crippen molar-refractivity contribution in [3.63, 3.8) is 0 Å². The first-order valence-corrected chi connectivity index (χ1v) is 6.58. The van der Waals surface area contributed by atoms with E-state index < -0.39 is 0 Å². The second-order valence-electron chi connectivity index (χ2n) is 4.66. The van der Waals surface area contributed by atoms with Crippen LogP contribution in [0.5, 0.6) is 0 Å². The fourth-order valence-corrected chi connectivity index (χ4v) is 2.58. The van der Waals surface area contributed by atoms with Crippen LogP contribution in [0.15, 0.2) is 24.3 Å². The number of amides is 1. The lowest BCUT2D eigenvalue weighted by Crippen LogP contribution is -2.28. The third-order valence-electron chi connectivity index (χ3n) is 3.36. The Bertz CT molecular complexity index is 653. The molecule has 2 heterocycles. The zero-order valence-corrected chi connectivity index (χ0v) is 11.0. The van der Waals surface area contributed by atoms with E-state index >= 15 is 0 Å². The van der Waals surface area contributed by atoms with Crippen molar-refractivity contribution in [3.05, 3.63) is 40.8 Å². The van der Waals surface area contributed by atoms with Crippen molar-refractivity contribution in [1.29, 1.82) is 0 Å². The number of carbonyl (C=O) groups excluding carboxylic acids is 1. The van der Waals surface area contributed by atoms with E-state index in [0.717, 1.165) is 25.9 Å². The molecule has 0 unspecified atom stereocenters. The fraction of sp³-hybridized carbons (Fsp3) is 0.286. The van der Waals surface area contributed by atoms with Crippen molar-refractivity contribution in [2.24, 2.45) is 0 Å². The molecule has 19 heavy (non-hydrogen) atoms. The summed E-state index contributed by atoms with van der Waals surface area (Å²) >= 11 is 6.05. The molecule has 0 bridgehead atoms. The fourth-order valence-electron chi connectivity index (χ4n) is 2.36. The molecule has 3 rings (SSSR count). The number of nitrogens with zero attached hydrogens (tertiary/aromatic N) is 2. The first-order valence-electron chi connectivity index (χ1n) is 6.20. The number of carbonyl (C=O) groups is 1. The molecule has 2 aromatic rings. The molecule has 1 aromatic carbocycles. The van der Waals surface area contributed by atoms with Crippen LogP contribution in [0.4, 0.5) is 4.39 Å². The molecule has 0 aliphatic carbocycles. The van der Waals surface area contributed by atoms with Gasteiger partial charge >= 0.3 is 0 Å². The Morgan fingerprint density at radius 3 is 2.74 bits per heavy atom. The summed E-state index contributed by atoms with van der Waals surface area (Å²) in [6.45, 7) is 1.52. The molecule has 0 radical (unpaired) electrons. The number of hydrogen-bond donors (Lipinski definition) is 0. The Morgan fingerprint density at radius 2 is 2.00 bits per heavy atom. The first kappa shape index (κ1) is 12.4. The smallest absolute Gasteiger partial charge is 0.257 e. The van der Waals surface area contributed by atoms with Crippen LogP contribution >= 0.6 is 11.6 Å². The summed E-state index contributed by atoms with van der Waals surface area (Å²) in [5.41, 5.74) is 0.852. The summed E-state index contributed by atoms with van der Waals surface area (Å²) in [5.74, 6) is -0.462. The molecule has 5 heteroatoms. The van der Waals surface area contributed by atoms with E-state index in [1.165, 1.54) is 12.1 Å². The van der Waals surface area contributed by atoms with Gasteiger partial charge in [-0.3, -0.25) is 4.79 Å². The van der Waals surface area contributed by atoms with Crippen molar-refractivity contribution < 1.29 is 9.18 Å². The van der Waals surface area contributed by atoms with Crippen LogP contribution in [0, 0.1) is 5.82 Å². The normalized spacial score (nSPS) is 15.2. The van der Waals surface area contributed by atoms with Gasteiger partial charge in [0.25, 0.3) is 5.91 Å². The lowest BCUT2D eigenvalue weighted by molar-refractivity contribution is 0.0793. The highest BCUT2D eigenvalue weighted by Crippen LogP contribution is 2.23. The second-order valence-corrected chi connectivity index (χ2v) is 5.02. The molecule has 1 fully saturated rings. The van der Waals surface area contributed by atoms with E-state index in [2.05, 4.69) is 4.98 Å². The summed E-state index contributed by atoms with van der Waals surface area (Å²) in [6.07, 6.45) is 2.05. The maximum Gasteiger partial charge on any atom is 0.257 e. The van der Waals surface area contributed by atoms with Gasteiger partial charge in [-0.1, -0.05) is 11.6 Å². The highest BCUT2D eigenvalue weighted by Gasteiger charge is 2.22. The summed E-state index contributed by atoms with van der Waals surface area (Å²) in [7, 11) is 0. The number of rotatable bonds is 1. The second kappa shape index (κ2) is 4.78. The number of fused-ring (bicyclic) bond motifs is 1. The van der Waals surface area contributed by atoms with Crippen molar-refractivity contribution in [2.45, 2.75) is 12.8 Å². The van der Waals surface area contributed by atoms with Gasteiger partial charge in [0.1, 0.15) is 11.0 Å². The standard InChI is InChI=1S/C14H12ClFN2O/c15-13-11(14(19)18-5-1-2-6-18)7-9-3-4-10(16)8-12(9)17-13/h3-4,7-8H,1-2,5-6H2. The molecule has 1 aromatic heterocycles. The molecule has 0 N–H and O–H groups in total. The minimum atomic E-state index is -0.366. The largest absolute Gasteiger partial charge is 0.339 e. The van der Waals surface area contributed by atoms with E-state index in [1.54, 1.807) is 17.0 Å². The van der Waals surface area contributed by atoms with Gasteiger partial charge in [0.05, 0.1) is 11.1 Å². The number of likely N-dealkylation sites (tertiary alicyclic amines) is 1. The third-order valence-corrected chi connectivity index (χ3v) is 3.64. The Balaban J connectivity index is 2.06. The number of pyridine rings is 1. The Labute approximate surface area is 115 Å². The summed E-state index contributed by atoms with van der Waals surface area (Å²) in [6, 6.07) is 5.95. The van der Waals surface area contributed by atoms with Crippen LogP contribution in [0.3, 0.4) is 0 Å². The summed E-state index contributed by atoms with van der Waals surface area (Å²) in [5, 5.41) is 0.850. The van der Waals surface area contributed by atoms with Gasteiger partial charge in [0.15, 0.2) is 0 Å². The summed E-state index contributed by atoms with van der Waals surface area (Å²) in [4.78, 5) is 18.2. The van der Waals surface area contributed by atoms with Crippen LogP contribution < -0.4 is 0 Å². The van der Waals surface area contributed by atoms with Gasteiger partial charge in [-0.2, -0.15) is 0 Å². The van der Waals surface area contributed by atoms with Crippen LogP contribution in [-0.2, 0) is 0 Å². The van der Waals surface area contributed by atoms with Crippen LogP contribution in [0.25, 0.3) is 10.9 Å². The molecular formula is C14H12ClFN2O. The van der Waals surface area contributed by atoms with E-state index in [9.17, 15) is 9.18 Å². The third kappa shape index (κ3) is 2.28. The van der Waals surface area contributed by atoms with Crippen LogP contribution in [-0.4, -0.2) is 28.9 Å². The molecule has 1 amide bonds. The number of halogens is 2. The maximum atomic E-state index is 13.1. The molecule has 0 spiro atoms. The van der Waals surface area contributed by atoms with E-state index in [-0.39, 0.29) is 16.9 Å². The zero-order valence-electron chi connectivity index (χ0n) is 10.2. The highest BCUT2D eigenvalue weighted by atomic mass is 35.5. The molecule has 3 nitrogen and oxygen atoms in total. The first-order chi connectivity index (χ1) is 9.15.